The van der Waals surface area contributed by atoms with Gasteiger partial charge in [0.1, 0.15) is 6.04 Å². The summed E-state index contributed by atoms with van der Waals surface area (Å²) in [6.07, 6.45) is 0. The number of benzene rings is 2. The van der Waals surface area contributed by atoms with Gasteiger partial charge in [0.25, 0.3) is 0 Å². The van der Waals surface area contributed by atoms with Crippen LogP contribution >= 0.6 is 23.4 Å². The van der Waals surface area contributed by atoms with Gasteiger partial charge >= 0.3 is 0 Å². The third-order valence-corrected chi connectivity index (χ3v) is 5.47. The Hall–Kier alpha value is -1.98. The molecule has 2 aromatic rings. The second-order valence-electron chi connectivity index (χ2n) is 8.05. The SMILES string of the molecule is C[C@H](C(=O)NC(C)(C)C)N(Cc1cccc(Cl)c1)C(=O)CSCc1ccccc1. The molecule has 0 saturated heterocycles. The highest BCUT2D eigenvalue weighted by molar-refractivity contribution is 7.99. The highest BCUT2D eigenvalue weighted by Gasteiger charge is 2.28. The molecule has 1 atom stereocenters. The van der Waals surface area contributed by atoms with E-state index in [1.165, 1.54) is 5.56 Å². The Bertz CT molecular complexity index is 821. The summed E-state index contributed by atoms with van der Waals surface area (Å²) in [5.41, 5.74) is 1.71. The lowest BCUT2D eigenvalue weighted by molar-refractivity contribution is -0.139. The average molecular weight is 433 g/mol. The van der Waals surface area contributed by atoms with Crippen LogP contribution in [0.3, 0.4) is 0 Å². The number of nitrogens with one attached hydrogen (secondary N) is 1. The molecule has 6 heteroatoms. The van der Waals surface area contributed by atoms with E-state index in [1.54, 1.807) is 29.7 Å². The number of hydrogen-bond acceptors (Lipinski definition) is 3. The largest absolute Gasteiger partial charge is 0.350 e. The lowest BCUT2D eigenvalue weighted by Crippen LogP contribution is -2.52. The molecule has 0 bridgehead atoms. The summed E-state index contributed by atoms with van der Waals surface area (Å²) >= 11 is 7.65. The highest BCUT2D eigenvalue weighted by atomic mass is 35.5. The summed E-state index contributed by atoms with van der Waals surface area (Å²) in [5, 5.41) is 3.58. The second kappa shape index (κ2) is 10.7. The molecule has 0 fully saturated rings. The molecule has 0 aliphatic carbocycles. The van der Waals surface area contributed by atoms with E-state index in [2.05, 4.69) is 5.32 Å². The van der Waals surface area contributed by atoms with Gasteiger partial charge in [-0.15, -0.1) is 11.8 Å². The lowest BCUT2D eigenvalue weighted by Gasteiger charge is -2.31. The first-order valence-corrected chi connectivity index (χ1v) is 11.2. The summed E-state index contributed by atoms with van der Waals surface area (Å²) in [4.78, 5) is 27.4. The first kappa shape index (κ1) is 23.3. The Labute approximate surface area is 183 Å². The van der Waals surface area contributed by atoms with Crippen molar-refractivity contribution in [2.24, 2.45) is 0 Å². The molecular formula is C23H29ClN2O2S. The molecule has 0 heterocycles. The molecule has 29 heavy (non-hydrogen) atoms. The number of rotatable bonds is 8. The number of thioether (sulfide) groups is 1. The van der Waals surface area contributed by atoms with E-state index >= 15 is 0 Å². The quantitative estimate of drug-likeness (QED) is 0.645. The van der Waals surface area contributed by atoms with Gasteiger partial charge in [-0.3, -0.25) is 9.59 Å². The molecule has 0 spiro atoms. The fourth-order valence-electron chi connectivity index (χ4n) is 2.80. The van der Waals surface area contributed by atoms with Crippen LogP contribution in [0.5, 0.6) is 0 Å². The predicted molar refractivity (Wildman–Crippen MR) is 122 cm³/mol. The fraction of sp³-hybridized carbons (Fsp3) is 0.391. The number of hydrogen-bond donors (Lipinski definition) is 1. The van der Waals surface area contributed by atoms with Crippen molar-refractivity contribution in [3.05, 3.63) is 70.7 Å². The van der Waals surface area contributed by atoms with Crippen LogP contribution in [0.2, 0.25) is 5.02 Å². The van der Waals surface area contributed by atoms with Crippen LogP contribution in [0.1, 0.15) is 38.8 Å². The Balaban J connectivity index is 2.09. The molecule has 4 nitrogen and oxygen atoms in total. The van der Waals surface area contributed by atoms with Crippen molar-refractivity contribution in [2.45, 2.75) is 51.6 Å². The minimum absolute atomic E-state index is 0.0672. The van der Waals surface area contributed by atoms with Crippen LogP contribution in [-0.2, 0) is 21.9 Å². The molecule has 0 saturated carbocycles. The maximum atomic E-state index is 13.0. The van der Waals surface area contributed by atoms with Gasteiger partial charge in [-0.1, -0.05) is 54.1 Å². The van der Waals surface area contributed by atoms with Crippen LogP contribution in [0.4, 0.5) is 0 Å². The summed E-state index contributed by atoms with van der Waals surface area (Å²) < 4.78 is 0. The highest BCUT2D eigenvalue weighted by Crippen LogP contribution is 2.18. The zero-order chi connectivity index (χ0) is 21.4. The van der Waals surface area contributed by atoms with Gasteiger partial charge in [0.05, 0.1) is 5.75 Å². The molecule has 0 aliphatic heterocycles. The van der Waals surface area contributed by atoms with Crippen molar-refractivity contribution in [3.8, 4) is 0 Å². The van der Waals surface area contributed by atoms with Crippen LogP contribution in [0.15, 0.2) is 54.6 Å². The molecule has 156 valence electrons. The third kappa shape index (κ3) is 8.11. The van der Waals surface area contributed by atoms with Gasteiger partial charge < -0.3 is 10.2 Å². The van der Waals surface area contributed by atoms with E-state index < -0.39 is 6.04 Å². The zero-order valence-corrected chi connectivity index (χ0v) is 19.0. The average Bonchev–Trinajstić information content (AvgIpc) is 2.65. The van der Waals surface area contributed by atoms with Gasteiger partial charge in [0, 0.05) is 22.9 Å². The van der Waals surface area contributed by atoms with Crippen molar-refractivity contribution >= 4 is 35.2 Å². The van der Waals surface area contributed by atoms with Gasteiger partial charge in [-0.05, 0) is 51.0 Å². The Kier molecular flexibility index (Phi) is 8.60. The van der Waals surface area contributed by atoms with Crippen LogP contribution < -0.4 is 5.32 Å². The van der Waals surface area contributed by atoms with Crippen molar-refractivity contribution in [3.63, 3.8) is 0 Å². The lowest BCUT2D eigenvalue weighted by atomic mass is 10.1. The minimum atomic E-state index is -0.585. The summed E-state index contributed by atoms with van der Waals surface area (Å²) in [6.45, 7) is 7.89. The van der Waals surface area contributed by atoms with E-state index in [-0.39, 0.29) is 17.4 Å². The molecule has 0 aliphatic rings. The van der Waals surface area contributed by atoms with E-state index in [9.17, 15) is 9.59 Å². The summed E-state index contributed by atoms with van der Waals surface area (Å²) in [5.74, 6) is 0.825. The standard InChI is InChI=1S/C23H29ClN2O2S/c1-17(22(28)25-23(2,3)4)26(14-19-11-8-12-20(24)13-19)21(27)16-29-15-18-9-6-5-7-10-18/h5-13,17H,14-16H2,1-4H3,(H,25,28)/t17-/m1/s1. The normalized spacial score (nSPS) is 12.3. The van der Waals surface area contributed by atoms with E-state index in [1.807, 2.05) is 69.3 Å². The van der Waals surface area contributed by atoms with Crippen LogP contribution in [0.25, 0.3) is 0 Å². The number of carbonyl (C=O) groups excluding carboxylic acids is 2. The zero-order valence-electron chi connectivity index (χ0n) is 17.4. The molecule has 2 amide bonds. The number of halogens is 1. The number of amides is 2. The Morgan fingerprint density at radius 3 is 2.34 bits per heavy atom. The Morgan fingerprint density at radius 2 is 1.72 bits per heavy atom. The first-order valence-electron chi connectivity index (χ1n) is 9.63. The number of carbonyl (C=O) groups is 2. The maximum Gasteiger partial charge on any atom is 0.242 e. The molecule has 0 radical (unpaired) electrons. The monoisotopic (exact) mass is 432 g/mol. The van der Waals surface area contributed by atoms with Gasteiger partial charge in [-0.2, -0.15) is 0 Å². The van der Waals surface area contributed by atoms with Gasteiger partial charge in [0.15, 0.2) is 0 Å². The molecule has 0 aromatic heterocycles. The van der Waals surface area contributed by atoms with Crippen LogP contribution in [0, 0.1) is 0 Å². The minimum Gasteiger partial charge on any atom is -0.350 e. The van der Waals surface area contributed by atoms with E-state index in [0.29, 0.717) is 17.3 Å². The number of nitrogens with zero attached hydrogens (tertiary/aromatic N) is 1. The third-order valence-electron chi connectivity index (χ3n) is 4.24. The smallest absolute Gasteiger partial charge is 0.242 e. The molecule has 2 rings (SSSR count). The van der Waals surface area contributed by atoms with E-state index in [0.717, 1.165) is 11.3 Å². The van der Waals surface area contributed by atoms with Crippen molar-refractivity contribution < 1.29 is 9.59 Å². The Morgan fingerprint density at radius 1 is 1.07 bits per heavy atom. The second-order valence-corrected chi connectivity index (χ2v) is 9.47. The first-order chi connectivity index (χ1) is 13.7. The van der Waals surface area contributed by atoms with E-state index in [4.69, 9.17) is 11.6 Å². The molecule has 2 aromatic carbocycles. The van der Waals surface area contributed by atoms with Gasteiger partial charge in [0.2, 0.25) is 11.8 Å². The predicted octanol–water partition coefficient (Wildman–Crippen LogP) is 4.91. The summed E-state index contributed by atoms with van der Waals surface area (Å²) in [6, 6.07) is 16.8. The maximum absolute atomic E-state index is 13.0. The van der Waals surface area contributed by atoms with Crippen molar-refractivity contribution in [1.82, 2.24) is 10.2 Å². The summed E-state index contributed by atoms with van der Waals surface area (Å²) in [7, 11) is 0. The van der Waals surface area contributed by atoms with Crippen molar-refractivity contribution in [2.75, 3.05) is 5.75 Å². The van der Waals surface area contributed by atoms with Crippen molar-refractivity contribution in [1.29, 1.82) is 0 Å². The van der Waals surface area contributed by atoms with Gasteiger partial charge in [-0.25, -0.2) is 0 Å². The molecule has 0 unspecified atom stereocenters. The topological polar surface area (TPSA) is 49.4 Å². The molecular weight excluding hydrogens is 404 g/mol. The fourth-order valence-corrected chi connectivity index (χ4v) is 3.89. The molecule has 1 N–H and O–H groups in total. The van der Waals surface area contributed by atoms with Crippen LogP contribution in [-0.4, -0.2) is 34.0 Å².